The molecule has 3 aromatic rings. The maximum atomic E-state index is 4.43. The van der Waals surface area contributed by atoms with Gasteiger partial charge in [-0.25, -0.2) is 15.0 Å². The van der Waals surface area contributed by atoms with Crippen molar-refractivity contribution in [1.82, 2.24) is 15.0 Å². The second-order valence-electron chi connectivity index (χ2n) is 5.75. The van der Waals surface area contributed by atoms with Crippen molar-refractivity contribution < 1.29 is 0 Å². The Labute approximate surface area is 155 Å². The van der Waals surface area contributed by atoms with Crippen LogP contribution in [0.4, 0.5) is 11.5 Å². The quantitative estimate of drug-likeness (QED) is 0.579. The fraction of sp³-hybridized carbons (Fsp3) is 0.150. The van der Waals surface area contributed by atoms with Gasteiger partial charge in [0.05, 0.1) is 5.52 Å². The Kier molecular flexibility index (Phi) is 5.24. The lowest BCUT2D eigenvalue weighted by molar-refractivity contribution is 1.15. The minimum atomic E-state index is 0.699. The van der Waals surface area contributed by atoms with Gasteiger partial charge in [0.15, 0.2) is 5.82 Å². The highest BCUT2D eigenvalue weighted by molar-refractivity contribution is 9.10. The maximum Gasteiger partial charge on any atom is 0.160 e. The molecule has 25 heavy (non-hydrogen) atoms. The van der Waals surface area contributed by atoms with Crippen molar-refractivity contribution in [3.63, 3.8) is 0 Å². The Balaban J connectivity index is 1.89. The van der Waals surface area contributed by atoms with Crippen LogP contribution in [0.2, 0.25) is 0 Å². The highest BCUT2D eigenvalue weighted by Crippen LogP contribution is 2.25. The van der Waals surface area contributed by atoms with Crippen LogP contribution in [-0.4, -0.2) is 15.0 Å². The van der Waals surface area contributed by atoms with Crippen LogP contribution < -0.4 is 5.32 Å². The third-order valence-corrected chi connectivity index (χ3v) is 4.51. The Morgan fingerprint density at radius 1 is 1.24 bits per heavy atom. The first-order valence-electron chi connectivity index (χ1n) is 8.01. The van der Waals surface area contributed by atoms with Crippen LogP contribution >= 0.6 is 15.9 Å². The molecule has 0 fully saturated rings. The molecule has 5 heteroatoms. The Bertz CT molecular complexity index is 963. The van der Waals surface area contributed by atoms with E-state index in [9.17, 15) is 0 Å². The van der Waals surface area contributed by atoms with E-state index in [1.54, 1.807) is 12.5 Å². The molecular formula is C20H19BrN4. The number of hydrogen-bond acceptors (Lipinski definition) is 4. The monoisotopic (exact) mass is 394 g/mol. The molecule has 1 aromatic carbocycles. The highest BCUT2D eigenvalue weighted by atomic mass is 79.9. The van der Waals surface area contributed by atoms with Crippen molar-refractivity contribution in [2.75, 3.05) is 5.32 Å². The van der Waals surface area contributed by atoms with Gasteiger partial charge in [-0.05, 0) is 71.1 Å². The van der Waals surface area contributed by atoms with Crippen molar-refractivity contribution in [2.45, 2.75) is 20.3 Å². The number of anilines is 2. The molecule has 0 atom stereocenters. The molecule has 126 valence electrons. The predicted molar refractivity (Wildman–Crippen MR) is 107 cm³/mol. The van der Waals surface area contributed by atoms with E-state index in [1.807, 2.05) is 19.1 Å². The van der Waals surface area contributed by atoms with Crippen LogP contribution in [0.1, 0.15) is 18.1 Å². The third-order valence-electron chi connectivity index (χ3n) is 4.08. The Morgan fingerprint density at radius 2 is 2.08 bits per heavy atom. The first kappa shape index (κ1) is 17.3. The minimum Gasteiger partial charge on any atom is -0.338 e. The van der Waals surface area contributed by atoms with E-state index in [2.05, 4.69) is 74.0 Å². The average molecular weight is 395 g/mol. The van der Waals surface area contributed by atoms with Gasteiger partial charge in [-0.3, -0.25) is 0 Å². The molecule has 0 aliphatic rings. The molecule has 0 bridgehead atoms. The van der Waals surface area contributed by atoms with Crippen molar-refractivity contribution in [2.24, 2.45) is 0 Å². The van der Waals surface area contributed by atoms with Crippen LogP contribution in [0.25, 0.3) is 11.0 Å². The van der Waals surface area contributed by atoms with Crippen LogP contribution in [0.15, 0.2) is 65.6 Å². The first-order chi connectivity index (χ1) is 12.1. The highest BCUT2D eigenvalue weighted by Gasteiger charge is 2.07. The number of nitrogens with one attached hydrogen (secondary N) is 1. The first-order valence-corrected chi connectivity index (χ1v) is 8.80. The van der Waals surface area contributed by atoms with E-state index in [0.29, 0.717) is 5.82 Å². The summed E-state index contributed by atoms with van der Waals surface area (Å²) in [6, 6.07) is 8.25. The van der Waals surface area contributed by atoms with Gasteiger partial charge in [0, 0.05) is 16.4 Å². The lowest BCUT2D eigenvalue weighted by Gasteiger charge is -2.11. The van der Waals surface area contributed by atoms with Gasteiger partial charge in [0.25, 0.3) is 0 Å². The number of benzene rings is 1. The van der Waals surface area contributed by atoms with Gasteiger partial charge < -0.3 is 5.32 Å². The Hall–Kier alpha value is -2.53. The molecule has 0 amide bonds. The van der Waals surface area contributed by atoms with E-state index in [1.165, 1.54) is 16.7 Å². The zero-order chi connectivity index (χ0) is 17.8. The summed E-state index contributed by atoms with van der Waals surface area (Å²) in [6.45, 7) is 8.01. The molecule has 0 spiro atoms. The number of allylic oxidation sites excluding steroid dienone is 3. The number of fused-ring (bicyclic) bond motifs is 1. The fourth-order valence-corrected chi connectivity index (χ4v) is 2.95. The SMILES string of the molecule is C=C/C(=C\C)Cc1ccc(Nc2ncnc3cc(Br)cnc23)cc1C. The van der Waals surface area contributed by atoms with Gasteiger partial charge in [0.1, 0.15) is 11.8 Å². The molecule has 2 aromatic heterocycles. The second kappa shape index (κ2) is 7.57. The zero-order valence-electron chi connectivity index (χ0n) is 14.3. The van der Waals surface area contributed by atoms with Gasteiger partial charge in [0.2, 0.25) is 0 Å². The molecule has 0 aliphatic heterocycles. The molecule has 0 unspecified atom stereocenters. The van der Waals surface area contributed by atoms with Crippen molar-refractivity contribution in [3.8, 4) is 0 Å². The van der Waals surface area contributed by atoms with Crippen LogP contribution in [0.5, 0.6) is 0 Å². The van der Waals surface area contributed by atoms with E-state index in [4.69, 9.17) is 0 Å². The number of nitrogens with zero attached hydrogens (tertiary/aromatic N) is 3. The number of pyridine rings is 1. The van der Waals surface area contributed by atoms with Crippen molar-refractivity contribution >= 4 is 38.5 Å². The number of rotatable bonds is 5. The summed E-state index contributed by atoms with van der Waals surface area (Å²) in [5.74, 6) is 0.699. The van der Waals surface area contributed by atoms with E-state index in [0.717, 1.165) is 27.6 Å². The van der Waals surface area contributed by atoms with Gasteiger partial charge in [-0.1, -0.05) is 24.8 Å². The fourth-order valence-electron chi connectivity index (χ4n) is 2.63. The molecule has 0 aliphatic carbocycles. The summed E-state index contributed by atoms with van der Waals surface area (Å²) >= 11 is 3.42. The minimum absolute atomic E-state index is 0.699. The molecule has 0 saturated heterocycles. The van der Waals surface area contributed by atoms with Crippen LogP contribution in [0.3, 0.4) is 0 Å². The number of aryl methyl sites for hydroxylation is 1. The normalized spacial score (nSPS) is 11.6. The van der Waals surface area contributed by atoms with Crippen LogP contribution in [0, 0.1) is 6.92 Å². The molecule has 3 rings (SSSR count). The topological polar surface area (TPSA) is 50.7 Å². The predicted octanol–water partition coefficient (Wildman–Crippen LogP) is 5.51. The third kappa shape index (κ3) is 3.94. The van der Waals surface area contributed by atoms with Crippen LogP contribution in [-0.2, 0) is 6.42 Å². The van der Waals surface area contributed by atoms with Crippen molar-refractivity contribution in [3.05, 3.63) is 76.7 Å². The number of halogens is 1. The summed E-state index contributed by atoms with van der Waals surface area (Å²) < 4.78 is 0.895. The van der Waals surface area contributed by atoms with E-state index in [-0.39, 0.29) is 0 Å². The second-order valence-corrected chi connectivity index (χ2v) is 6.67. The zero-order valence-corrected chi connectivity index (χ0v) is 15.8. The van der Waals surface area contributed by atoms with E-state index >= 15 is 0 Å². The lowest BCUT2D eigenvalue weighted by Crippen LogP contribution is -1.99. The molecule has 2 heterocycles. The summed E-state index contributed by atoms with van der Waals surface area (Å²) in [7, 11) is 0. The largest absolute Gasteiger partial charge is 0.338 e. The molecular weight excluding hydrogens is 376 g/mol. The summed E-state index contributed by atoms with van der Waals surface area (Å²) in [4.78, 5) is 13.0. The Morgan fingerprint density at radius 3 is 2.80 bits per heavy atom. The standard InChI is InChI=1S/C20H19BrN4/c1-4-14(5-2)9-15-6-7-17(8-13(15)3)25-20-19-18(23-12-24-20)10-16(21)11-22-19/h4-8,10-12H,1,9H2,2-3H3,(H,23,24,25)/b14-5+. The number of hydrogen-bond donors (Lipinski definition) is 1. The molecule has 0 saturated carbocycles. The number of aromatic nitrogens is 3. The lowest BCUT2D eigenvalue weighted by atomic mass is 10.00. The average Bonchev–Trinajstić information content (AvgIpc) is 2.61. The molecule has 4 nitrogen and oxygen atoms in total. The summed E-state index contributed by atoms with van der Waals surface area (Å²) in [5, 5.41) is 3.35. The van der Waals surface area contributed by atoms with E-state index < -0.39 is 0 Å². The summed E-state index contributed by atoms with van der Waals surface area (Å²) in [6.07, 6.45) is 8.18. The van der Waals surface area contributed by atoms with Gasteiger partial charge in [-0.2, -0.15) is 0 Å². The summed E-state index contributed by atoms with van der Waals surface area (Å²) in [5.41, 5.74) is 6.25. The molecule has 0 radical (unpaired) electrons. The van der Waals surface area contributed by atoms with Gasteiger partial charge in [-0.15, -0.1) is 0 Å². The smallest absolute Gasteiger partial charge is 0.160 e. The maximum absolute atomic E-state index is 4.43. The molecule has 1 N–H and O–H groups in total. The van der Waals surface area contributed by atoms with Gasteiger partial charge >= 0.3 is 0 Å². The van der Waals surface area contributed by atoms with Crippen molar-refractivity contribution in [1.29, 1.82) is 0 Å².